The van der Waals surface area contributed by atoms with Crippen molar-refractivity contribution in [2.75, 3.05) is 31.4 Å². The molecule has 9 heteroatoms. The summed E-state index contributed by atoms with van der Waals surface area (Å²) in [5.74, 6) is -0.547. The van der Waals surface area contributed by atoms with E-state index in [1.807, 2.05) is 6.92 Å². The third-order valence-corrected chi connectivity index (χ3v) is 5.11. The first-order valence-corrected chi connectivity index (χ1v) is 8.98. The first-order valence-electron chi connectivity index (χ1n) is 6.37. The number of nitrogens with one attached hydrogen (secondary N) is 2. The van der Waals surface area contributed by atoms with Gasteiger partial charge in [-0.1, -0.05) is 18.5 Å². The van der Waals surface area contributed by atoms with Gasteiger partial charge in [-0.05, 0) is 47.6 Å². The zero-order valence-corrected chi connectivity index (χ0v) is 14.9. The van der Waals surface area contributed by atoms with Crippen molar-refractivity contribution in [1.82, 2.24) is 9.62 Å². The summed E-state index contributed by atoms with van der Waals surface area (Å²) in [5.41, 5.74) is 0.122. The molecule has 0 heterocycles. The lowest BCUT2D eigenvalue weighted by Gasteiger charge is -2.19. The van der Waals surface area contributed by atoms with Crippen LogP contribution in [0.1, 0.15) is 13.3 Å². The van der Waals surface area contributed by atoms with E-state index in [0.29, 0.717) is 13.0 Å². The van der Waals surface area contributed by atoms with Crippen LogP contribution in [0.4, 0.5) is 10.1 Å². The molecule has 0 atom stereocenters. The van der Waals surface area contributed by atoms with Crippen LogP contribution >= 0.6 is 27.5 Å². The van der Waals surface area contributed by atoms with Crippen LogP contribution in [0.5, 0.6) is 0 Å². The number of halogens is 3. The summed E-state index contributed by atoms with van der Waals surface area (Å²) in [6, 6.07) is 2.20. The van der Waals surface area contributed by atoms with Crippen LogP contribution in [0.15, 0.2) is 16.6 Å². The Balaban J connectivity index is 2.76. The normalized spacial score (nSPS) is 11.9. The lowest BCUT2D eigenvalue weighted by atomic mass is 10.3. The van der Waals surface area contributed by atoms with Crippen molar-refractivity contribution in [3.05, 3.63) is 27.4 Å². The molecule has 0 unspecified atom stereocenters. The van der Waals surface area contributed by atoms with Gasteiger partial charge in [-0.25, -0.2) is 4.39 Å². The molecule has 1 rings (SSSR count). The lowest BCUT2D eigenvalue weighted by molar-refractivity contribution is 0.459. The molecule has 5 nitrogen and oxygen atoms in total. The van der Waals surface area contributed by atoms with E-state index >= 15 is 0 Å². The summed E-state index contributed by atoms with van der Waals surface area (Å²) in [6.07, 6.45) is 0.684. The monoisotopic (exact) mass is 401 g/mol. The summed E-state index contributed by atoms with van der Waals surface area (Å²) in [6.45, 7) is 3.92. The predicted molar refractivity (Wildman–Crippen MR) is 87.4 cm³/mol. The second-order valence-corrected chi connectivity index (χ2v) is 7.42. The van der Waals surface area contributed by atoms with Crippen LogP contribution in [-0.2, 0) is 10.2 Å². The minimum atomic E-state index is -3.74. The number of benzene rings is 1. The second-order valence-electron chi connectivity index (χ2n) is 4.38. The summed E-state index contributed by atoms with van der Waals surface area (Å²) >= 11 is 8.96. The molecule has 0 aliphatic carbocycles. The molecule has 1 aromatic rings. The molecular weight excluding hydrogens is 385 g/mol. The maximum atomic E-state index is 13.1. The van der Waals surface area contributed by atoms with Crippen LogP contribution in [0.2, 0.25) is 5.02 Å². The highest BCUT2D eigenvalue weighted by Gasteiger charge is 2.20. The average molecular weight is 403 g/mol. The number of nitrogens with zero attached hydrogens (tertiary/aromatic N) is 1. The number of rotatable bonds is 8. The molecule has 2 N–H and O–H groups in total. The predicted octanol–water partition coefficient (Wildman–Crippen LogP) is 2.83. The van der Waals surface area contributed by atoms with Gasteiger partial charge in [0, 0.05) is 18.1 Å². The van der Waals surface area contributed by atoms with Crippen LogP contribution in [-0.4, -0.2) is 39.4 Å². The fourth-order valence-electron chi connectivity index (χ4n) is 1.57. The van der Waals surface area contributed by atoms with Gasteiger partial charge in [0.1, 0.15) is 5.82 Å². The van der Waals surface area contributed by atoms with Gasteiger partial charge in [-0.15, -0.1) is 0 Å². The lowest BCUT2D eigenvalue weighted by Crippen LogP contribution is -2.34. The highest BCUT2D eigenvalue weighted by atomic mass is 79.9. The zero-order valence-electron chi connectivity index (χ0n) is 11.8. The molecular formula is C12H18BrClFN3O2S. The second kappa shape index (κ2) is 8.28. The van der Waals surface area contributed by atoms with Crippen LogP contribution in [0.25, 0.3) is 0 Å². The summed E-state index contributed by atoms with van der Waals surface area (Å²) in [7, 11) is -2.27. The molecule has 0 aliphatic rings. The average Bonchev–Trinajstić information content (AvgIpc) is 2.38. The quantitative estimate of drug-likeness (QED) is 0.657. The molecule has 0 fully saturated rings. The third-order valence-electron chi connectivity index (χ3n) is 2.72. The maximum absolute atomic E-state index is 13.1. The van der Waals surface area contributed by atoms with E-state index < -0.39 is 16.0 Å². The van der Waals surface area contributed by atoms with E-state index in [0.717, 1.165) is 25.2 Å². The van der Waals surface area contributed by atoms with E-state index in [4.69, 9.17) is 11.6 Å². The highest BCUT2D eigenvalue weighted by molar-refractivity contribution is 9.10. The van der Waals surface area contributed by atoms with Crippen molar-refractivity contribution in [3.8, 4) is 0 Å². The Morgan fingerprint density at radius 1 is 1.43 bits per heavy atom. The molecule has 0 saturated carbocycles. The van der Waals surface area contributed by atoms with E-state index in [1.165, 1.54) is 11.4 Å². The summed E-state index contributed by atoms with van der Waals surface area (Å²) in [4.78, 5) is 0. The van der Waals surface area contributed by atoms with E-state index in [2.05, 4.69) is 26.0 Å². The van der Waals surface area contributed by atoms with Gasteiger partial charge in [0.15, 0.2) is 0 Å². The van der Waals surface area contributed by atoms with Gasteiger partial charge in [0.25, 0.3) is 0 Å². The van der Waals surface area contributed by atoms with Gasteiger partial charge >= 0.3 is 10.2 Å². The minimum absolute atomic E-state index is 0.00787. The first-order chi connectivity index (χ1) is 9.77. The number of hydrogen-bond acceptors (Lipinski definition) is 3. The minimum Gasteiger partial charge on any atom is -0.317 e. The van der Waals surface area contributed by atoms with Crippen molar-refractivity contribution < 1.29 is 12.8 Å². The smallest absolute Gasteiger partial charge is 0.301 e. The molecule has 0 aromatic heterocycles. The Labute approximate surface area is 138 Å². The molecule has 1 aromatic carbocycles. The molecule has 0 spiro atoms. The van der Waals surface area contributed by atoms with Gasteiger partial charge in [0.2, 0.25) is 0 Å². The Bertz CT molecular complexity index is 563. The van der Waals surface area contributed by atoms with Crippen molar-refractivity contribution in [2.24, 2.45) is 0 Å². The molecule has 0 amide bonds. The molecule has 0 aliphatic heterocycles. The van der Waals surface area contributed by atoms with Gasteiger partial charge in [0.05, 0.1) is 10.7 Å². The van der Waals surface area contributed by atoms with E-state index in [1.54, 1.807) is 0 Å². The van der Waals surface area contributed by atoms with Crippen molar-refractivity contribution >= 4 is 43.4 Å². The topological polar surface area (TPSA) is 61.4 Å². The molecule has 0 radical (unpaired) electrons. The SMILES string of the molecule is CCNCCCN(C)S(=O)(=O)Nc1c(Cl)cc(F)cc1Br. The molecule has 21 heavy (non-hydrogen) atoms. The molecule has 120 valence electrons. The van der Waals surface area contributed by atoms with Crippen LogP contribution in [0.3, 0.4) is 0 Å². The Morgan fingerprint density at radius 2 is 2.10 bits per heavy atom. The van der Waals surface area contributed by atoms with Gasteiger partial charge < -0.3 is 5.32 Å². The van der Waals surface area contributed by atoms with Crippen molar-refractivity contribution in [3.63, 3.8) is 0 Å². The van der Waals surface area contributed by atoms with Crippen LogP contribution < -0.4 is 10.0 Å². The summed E-state index contributed by atoms with van der Waals surface area (Å²) in [5, 5.41) is 3.11. The highest BCUT2D eigenvalue weighted by Crippen LogP contribution is 2.32. The zero-order chi connectivity index (χ0) is 16.0. The molecule has 0 bridgehead atoms. The van der Waals surface area contributed by atoms with Crippen molar-refractivity contribution in [1.29, 1.82) is 0 Å². The Hall–Kier alpha value is -0.410. The first kappa shape index (κ1) is 18.6. The number of anilines is 1. The fourth-order valence-corrected chi connectivity index (χ4v) is 3.66. The standard InChI is InChI=1S/C12H18BrClFN3O2S/c1-3-16-5-4-6-18(2)21(19,20)17-12-10(13)7-9(15)8-11(12)14/h7-8,16-17H,3-6H2,1-2H3. The van der Waals surface area contributed by atoms with Gasteiger partial charge in [-0.3, -0.25) is 4.72 Å². The molecule has 0 saturated heterocycles. The van der Waals surface area contributed by atoms with Crippen LogP contribution in [0, 0.1) is 5.82 Å². The Kier molecular flexibility index (Phi) is 7.35. The van der Waals surface area contributed by atoms with E-state index in [-0.39, 0.29) is 15.2 Å². The number of hydrogen-bond donors (Lipinski definition) is 2. The Morgan fingerprint density at radius 3 is 2.67 bits per heavy atom. The largest absolute Gasteiger partial charge is 0.317 e. The van der Waals surface area contributed by atoms with E-state index in [9.17, 15) is 12.8 Å². The third kappa shape index (κ3) is 5.71. The van der Waals surface area contributed by atoms with Gasteiger partial charge in [-0.2, -0.15) is 12.7 Å². The maximum Gasteiger partial charge on any atom is 0.301 e. The summed E-state index contributed by atoms with van der Waals surface area (Å²) < 4.78 is 41.3. The van der Waals surface area contributed by atoms with Crippen molar-refractivity contribution in [2.45, 2.75) is 13.3 Å². The fraction of sp³-hybridized carbons (Fsp3) is 0.500.